The number of guanidine groups is 1. The Morgan fingerprint density at radius 3 is 2.90 bits per heavy atom. The number of hydrogen-bond donors (Lipinski definition) is 1. The first kappa shape index (κ1) is 24.9. The number of piperidine rings is 1. The highest BCUT2D eigenvalue weighted by Crippen LogP contribution is 2.21. The smallest absolute Gasteiger partial charge is 0.341 e. The van der Waals surface area contributed by atoms with Crippen molar-refractivity contribution in [2.24, 2.45) is 4.99 Å². The van der Waals surface area contributed by atoms with E-state index in [0.717, 1.165) is 19.4 Å². The van der Waals surface area contributed by atoms with Crippen molar-refractivity contribution in [1.82, 2.24) is 24.9 Å². The first-order valence-electron chi connectivity index (χ1n) is 9.51. The zero-order valence-corrected chi connectivity index (χ0v) is 19.7. The lowest BCUT2D eigenvalue weighted by Gasteiger charge is -2.35. The number of rotatable bonds is 7. The molecule has 0 aliphatic carbocycles. The fraction of sp³-hybridized carbons (Fsp3) is 0.579. The molecule has 9 nitrogen and oxygen atoms in total. The van der Waals surface area contributed by atoms with Crippen molar-refractivity contribution in [2.75, 3.05) is 46.9 Å². The highest BCUT2D eigenvalue weighted by Gasteiger charge is 2.25. The van der Waals surface area contributed by atoms with Crippen LogP contribution in [0.25, 0.3) is 0 Å². The Labute approximate surface area is 189 Å². The van der Waals surface area contributed by atoms with Crippen LogP contribution in [0.5, 0.6) is 0 Å². The number of aromatic nitrogens is 2. The summed E-state index contributed by atoms with van der Waals surface area (Å²) in [6.07, 6.45) is 6.93. The summed E-state index contributed by atoms with van der Waals surface area (Å²) in [6.45, 7) is 8.01. The number of nitrogens with one attached hydrogen (secondary N) is 1. The zero-order valence-electron chi connectivity index (χ0n) is 17.3. The Morgan fingerprint density at radius 1 is 1.48 bits per heavy atom. The lowest BCUT2D eigenvalue weighted by molar-refractivity contribution is -0.127. The van der Waals surface area contributed by atoms with E-state index in [-0.39, 0.29) is 48.4 Å². The predicted octanol–water partition coefficient (Wildman–Crippen LogP) is 1.53. The van der Waals surface area contributed by atoms with E-state index in [1.54, 1.807) is 33.3 Å². The van der Waals surface area contributed by atoms with E-state index in [0.29, 0.717) is 31.2 Å². The van der Waals surface area contributed by atoms with Crippen molar-refractivity contribution in [1.29, 1.82) is 0 Å². The Balaban J connectivity index is 0.00000420. The topological polar surface area (TPSA) is 92.1 Å². The molecule has 1 aromatic rings. The first-order chi connectivity index (χ1) is 13.5. The molecule has 10 heteroatoms. The van der Waals surface area contributed by atoms with E-state index in [4.69, 9.17) is 4.74 Å². The molecule has 1 aromatic heterocycles. The largest absolute Gasteiger partial charge is 0.462 e. The predicted molar refractivity (Wildman–Crippen MR) is 123 cm³/mol. The standard InChI is InChI=1S/C19H30N6O3.HI/c1-5-9-20-19(21-12-17(26)23(3)4)24-10-7-8-16(14-24)25-13-15(11-22-25)18(27)28-6-2;/h5,11,13,16H,1,6-10,12,14H2,2-4H3,(H,20,21);1H. The van der Waals surface area contributed by atoms with E-state index >= 15 is 0 Å². The summed E-state index contributed by atoms with van der Waals surface area (Å²) in [4.78, 5) is 31.9. The number of halogens is 1. The van der Waals surface area contributed by atoms with Gasteiger partial charge < -0.3 is 19.9 Å². The highest BCUT2D eigenvalue weighted by molar-refractivity contribution is 14.0. The van der Waals surface area contributed by atoms with Crippen molar-refractivity contribution in [3.8, 4) is 0 Å². The van der Waals surface area contributed by atoms with Gasteiger partial charge in [0.2, 0.25) is 5.91 Å². The molecular formula is C19H31IN6O3. The van der Waals surface area contributed by atoms with Crippen LogP contribution in [0.1, 0.15) is 36.2 Å². The summed E-state index contributed by atoms with van der Waals surface area (Å²) >= 11 is 0. The molecule has 1 atom stereocenters. The van der Waals surface area contributed by atoms with E-state index in [1.807, 2.05) is 4.68 Å². The third-order valence-corrected chi connectivity index (χ3v) is 4.45. The van der Waals surface area contributed by atoms with Crippen molar-refractivity contribution in [2.45, 2.75) is 25.8 Å². The molecule has 0 radical (unpaired) electrons. The van der Waals surface area contributed by atoms with Gasteiger partial charge in [-0.3, -0.25) is 9.48 Å². The molecule has 0 spiro atoms. The average Bonchev–Trinajstić information content (AvgIpc) is 3.18. The third-order valence-electron chi connectivity index (χ3n) is 4.45. The number of hydrogen-bond acceptors (Lipinski definition) is 5. The SMILES string of the molecule is C=CCNC(=NCC(=O)N(C)C)N1CCCC(n2cc(C(=O)OCC)cn2)C1.I. The van der Waals surface area contributed by atoms with Gasteiger partial charge in [0.05, 0.1) is 24.4 Å². The summed E-state index contributed by atoms with van der Waals surface area (Å²) in [7, 11) is 3.43. The highest BCUT2D eigenvalue weighted by atomic mass is 127. The normalized spacial score (nSPS) is 16.6. The van der Waals surface area contributed by atoms with Crippen LogP contribution in [-0.4, -0.2) is 84.3 Å². The maximum atomic E-state index is 11.9. The molecule has 0 saturated carbocycles. The Kier molecular flexibility index (Phi) is 10.7. The number of esters is 1. The average molecular weight is 518 g/mol. The fourth-order valence-corrected chi connectivity index (χ4v) is 2.94. The lowest BCUT2D eigenvalue weighted by Crippen LogP contribution is -2.47. The van der Waals surface area contributed by atoms with E-state index in [2.05, 4.69) is 26.9 Å². The van der Waals surface area contributed by atoms with Crippen LogP contribution in [0, 0.1) is 0 Å². The van der Waals surface area contributed by atoms with Crippen molar-refractivity contribution >= 4 is 41.8 Å². The van der Waals surface area contributed by atoms with Crippen LogP contribution >= 0.6 is 24.0 Å². The summed E-state index contributed by atoms with van der Waals surface area (Å²) in [5.74, 6) is 0.258. The maximum absolute atomic E-state index is 11.9. The van der Waals surface area contributed by atoms with Crippen molar-refractivity contribution in [3.63, 3.8) is 0 Å². The van der Waals surface area contributed by atoms with Crippen molar-refractivity contribution in [3.05, 3.63) is 30.6 Å². The van der Waals surface area contributed by atoms with E-state index in [1.165, 1.54) is 11.1 Å². The minimum atomic E-state index is -0.362. The van der Waals surface area contributed by atoms with Crippen LogP contribution in [0.3, 0.4) is 0 Å². The van der Waals surface area contributed by atoms with Gasteiger partial charge in [-0.15, -0.1) is 30.6 Å². The van der Waals surface area contributed by atoms with Crippen LogP contribution in [0.2, 0.25) is 0 Å². The number of aliphatic imine (C=N–C) groups is 1. The number of carbonyl (C=O) groups is 2. The number of ether oxygens (including phenoxy) is 1. The molecule has 1 N–H and O–H groups in total. The molecule has 1 aliphatic heterocycles. The van der Waals surface area contributed by atoms with Crippen LogP contribution in [0.15, 0.2) is 30.0 Å². The van der Waals surface area contributed by atoms with Crippen LogP contribution in [-0.2, 0) is 9.53 Å². The Morgan fingerprint density at radius 2 is 2.24 bits per heavy atom. The van der Waals surface area contributed by atoms with Gasteiger partial charge in [0.15, 0.2) is 5.96 Å². The molecule has 2 rings (SSSR count). The van der Waals surface area contributed by atoms with Gasteiger partial charge in [-0.1, -0.05) is 6.08 Å². The second kappa shape index (κ2) is 12.5. The molecule has 29 heavy (non-hydrogen) atoms. The maximum Gasteiger partial charge on any atom is 0.341 e. The van der Waals surface area contributed by atoms with Crippen molar-refractivity contribution < 1.29 is 14.3 Å². The molecule has 1 fully saturated rings. The van der Waals surface area contributed by atoms with Crippen LogP contribution in [0.4, 0.5) is 0 Å². The van der Waals surface area contributed by atoms with Gasteiger partial charge in [0.25, 0.3) is 0 Å². The van der Waals surface area contributed by atoms with Gasteiger partial charge in [0, 0.05) is 39.9 Å². The van der Waals surface area contributed by atoms with E-state index < -0.39 is 0 Å². The Bertz CT molecular complexity index is 719. The summed E-state index contributed by atoms with van der Waals surface area (Å²) in [5, 5.41) is 7.58. The molecule has 1 saturated heterocycles. The van der Waals surface area contributed by atoms with Crippen LogP contribution < -0.4 is 5.32 Å². The number of nitrogens with zero attached hydrogens (tertiary/aromatic N) is 5. The molecule has 162 valence electrons. The fourth-order valence-electron chi connectivity index (χ4n) is 2.94. The minimum Gasteiger partial charge on any atom is -0.462 e. The minimum absolute atomic E-state index is 0. The molecule has 1 unspecified atom stereocenters. The second-order valence-electron chi connectivity index (χ2n) is 6.77. The summed E-state index contributed by atoms with van der Waals surface area (Å²) in [6, 6.07) is 0.109. The van der Waals surface area contributed by atoms with Gasteiger partial charge in [-0.25, -0.2) is 9.79 Å². The number of likely N-dealkylation sites (tertiary alicyclic amines) is 1. The van der Waals surface area contributed by atoms with Gasteiger partial charge in [-0.2, -0.15) is 5.10 Å². The molecule has 1 aliphatic rings. The monoisotopic (exact) mass is 518 g/mol. The number of carbonyl (C=O) groups excluding carboxylic acids is 2. The molecule has 2 heterocycles. The van der Waals surface area contributed by atoms with Gasteiger partial charge in [-0.05, 0) is 19.8 Å². The molecule has 1 amide bonds. The Hall–Kier alpha value is -2.11. The van der Waals surface area contributed by atoms with E-state index in [9.17, 15) is 9.59 Å². The quantitative estimate of drug-likeness (QED) is 0.194. The van der Waals surface area contributed by atoms with Gasteiger partial charge in [0.1, 0.15) is 6.54 Å². The zero-order chi connectivity index (χ0) is 20.5. The number of amides is 1. The lowest BCUT2D eigenvalue weighted by atomic mass is 10.1. The summed E-state index contributed by atoms with van der Waals surface area (Å²) in [5.41, 5.74) is 0.453. The summed E-state index contributed by atoms with van der Waals surface area (Å²) < 4.78 is 6.84. The number of likely N-dealkylation sites (N-methyl/N-ethyl adjacent to an activating group) is 1. The van der Waals surface area contributed by atoms with Gasteiger partial charge >= 0.3 is 5.97 Å². The molecule has 0 bridgehead atoms. The molecule has 0 aromatic carbocycles. The molecular weight excluding hydrogens is 487 g/mol. The third kappa shape index (κ3) is 7.33. The first-order valence-corrected chi connectivity index (χ1v) is 9.51. The second-order valence-corrected chi connectivity index (χ2v) is 6.77.